The van der Waals surface area contributed by atoms with Crippen molar-refractivity contribution in [1.82, 2.24) is 5.32 Å². The Bertz CT molecular complexity index is 570. The van der Waals surface area contributed by atoms with Crippen molar-refractivity contribution in [3.05, 3.63) is 30.1 Å². The molecule has 1 aromatic carbocycles. The summed E-state index contributed by atoms with van der Waals surface area (Å²) in [6.07, 6.45) is -0.831. The Kier molecular flexibility index (Phi) is 7.16. The first-order chi connectivity index (χ1) is 11.1. The number of ether oxygens (including phenoxy) is 2. The molecule has 0 heterocycles. The van der Waals surface area contributed by atoms with Crippen LogP contribution >= 0.6 is 0 Å². The van der Waals surface area contributed by atoms with Crippen molar-refractivity contribution in [3.63, 3.8) is 0 Å². The Labute approximate surface area is 141 Å². The molecule has 24 heavy (non-hydrogen) atoms. The molecular weight excluding hydrogens is 317 g/mol. The highest BCUT2D eigenvalue weighted by Gasteiger charge is 2.24. The van der Waals surface area contributed by atoms with E-state index in [1.165, 1.54) is 25.1 Å². The van der Waals surface area contributed by atoms with Crippen molar-refractivity contribution in [2.45, 2.75) is 51.9 Å². The van der Waals surface area contributed by atoms with Gasteiger partial charge in [0.1, 0.15) is 17.6 Å². The van der Waals surface area contributed by atoms with Crippen molar-refractivity contribution in [2.24, 2.45) is 0 Å². The van der Waals surface area contributed by atoms with E-state index in [1.807, 2.05) is 20.8 Å². The summed E-state index contributed by atoms with van der Waals surface area (Å²) in [5, 5.41) is 11.6. The van der Waals surface area contributed by atoms with Crippen LogP contribution < -0.4 is 10.1 Å². The van der Waals surface area contributed by atoms with E-state index < -0.39 is 29.8 Å². The van der Waals surface area contributed by atoms with Crippen LogP contribution in [0, 0.1) is 5.82 Å². The zero-order chi connectivity index (χ0) is 18.3. The van der Waals surface area contributed by atoms with Gasteiger partial charge in [0, 0.05) is 19.1 Å². The number of carbonyl (C=O) groups excluding carboxylic acids is 1. The van der Waals surface area contributed by atoms with Crippen LogP contribution in [0.25, 0.3) is 0 Å². The Balaban J connectivity index is 2.56. The van der Waals surface area contributed by atoms with E-state index in [1.54, 1.807) is 0 Å². The number of carboxylic acids is 1. The molecule has 1 amide bonds. The fourth-order valence-electron chi connectivity index (χ4n) is 1.83. The van der Waals surface area contributed by atoms with Crippen LogP contribution in [-0.2, 0) is 14.3 Å². The smallest absolute Gasteiger partial charge is 0.326 e. The van der Waals surface area contributed by atoms with Crippen LogP contribution in [0.3, 0.4) is 0 Å². The lowest BCUT2D eigenvalue weighted by atomic mass is 10.1. The Morgan fingerprint density at radius 3 is 2.54 bits per heavy atom. The van der Waals surface area contributed by atoms with Gasteiger partial charge in [0.05, 0.1) is 5.60 Å². The molecule has 0 aromatic heterocycles. The Morgan fingerprint density at radius 2 is 2.00 bits per heavy atom. The number of hydrogen-bond donors (Lipinski definition) is 2. The standard InChI is InChI=1S/C17H24FNO5/c1-11(24-13-7-5-6-12(18)10-13)15(20)19-14(16(21)22)8-9-23-17(2,3)4/h5-7,10-11,14H,8-9H2,1-4H3,(H,19,20)(H,21,22). The van der Waals surface area contributed by atoms with Gasteiger partial charge in [-0.15, -0.1) is 0 Å². The van der Waals surface area contributed by atoms with E-state index in [9.17, 15) is 19.1 Å². The van der Waals surface area contributed by atoms with Crippen LogP contribution in [-0.4, -0.2) is 41.3 Å². The SMILES string of the molecule is CC(Oc1cccc(F)c1)C(=O)NC(CCOC(C)(C)C)C(=O)O. The molecule has 0 aliphatic carbocycles. The Morgan fingerprint density at radius 1 is 1.33 bits per heavy atom. The number of halogens is 1. The third-order valence-corrected chi connectivity index (χ3v) is 3.03. The van der Waals surface area contributed by atoms with Gasteiger partial charge in [0.15, 0.2) is 6.10 Å². The molecule has 134 valence electrons. The number of benzene rings is 1. The quantitative estimate of drug-likeness (QED) is 0.758. The van der Waals surface area contributed by atoms with Gasteiger partial charge in [0.25, 0.3) is 5.91 Å². The number of aliphatic carboxylic acids is 1. The molecule has 0 radical (unpaired) electrons. The number of carbonyl (C=O) groups is 2. The van der Waals surface area contributed by atoms with E-state index in [2.05, 4.69) is 5.32 Å². The second-order valence-electron chi connectivity index (χ2n) is 6.37. The minimum absolute atomic E-state index is 0.130. The van der Waals surface area contributed by atoms with Crippen LogP contribution in [0.2, 0.25) is 0 Å². The van der Waals surface area contributed by atoms with Gasteiger partial charge in [-0.05, 0) is 39.8 Å². The fourth-order valence-corrected chi connectivity index (χ4v) is 1.83. The summed E-state index contributed by atoms with van der Waals surface area (Å²) in [6, 6.07) is 4.29. The monoisotopic (exact) mass is 341 g/mol. The number of rotatable bonds is 8. The number of nitrogens with one attached hydrogen (secondary N) is 1. The first kappa shape index (κ1) is 19.9. The highest BCUT2D eigenvalue weighted by molar-refractivity contribution is 5.86. The second-order valence-corrected chi connectivity index (χ2v) is 6.37. The molecule has 0 fully saturated rings. The summed E-state index contributed by atoms with van der Waals surface area (Å²) in [6.45, 7) is 7.23. The zero-order valence-electron chi connectivity index (χ0n) is 14.3. The number of hydrogen-bond acceptors (Lipinski definition) is 4. The molecule has 2 atom stereocenters. The van der Waals surface area contributed by atoms with Crippen LogP contribution in [0.1, 0.15) is 34.1 Å². The predicted octanol–water partition coefficient (Wildman–Crippen LogP) is 2.37. The van der Waals surface area contributed by atoms with E-state index in [4.69, 9.17) is 9.47 Å². The molecule has 1 rings (SSSR count). The lowest BCUT2D eigenvalue weighted by molar-refractivity contribution is -0.143. The van der Waals surface area contributed by atoms with Crippen molar-refractivity contribution >= 4 is 11.9 Å². The average molecular weight is 341 g/mol. The molecule has 1 aromatic rings. The third kappa shape index (κ3) is 7.41. The molecule has 0 bridgehead atoms. The molecule has 7 heteroatoms. The fraction of sp³-hybridized carbons (Fsp3) is 0.529. The summed E-state index contributed by atoms with van der Waals surface area (Å²) in [7, 11) is 0. The summed E-state index contributed by atoms with van der Waals surface area (Å²) in [5.74, 6) is -2.04. The zero-order valence-corrected chi connectivity index (χ0v) is 14.3. The van der Waals surface area contributed by atoms with Crippen molar-refractivity contribution in [3.8, 4) is 5.75 Å². The summed E-state index contributed by atoms with van der Waals surface area (Å²) in [4.78, 5) is 23.3. The Hall–Kier alpha value is -2.15. The van der Waals surface area contributed by atoms with Gasteiger partial charge in [0.2, 0.25) is 0 Å². The number of amides is 1. The molecule has 2 unspecified atom stereocenters. The average Bonchev–Trinajstić information content (AvgIpc) is 2.44. The topological polar surface area (TPSA) is 84.9 Å². The van der Waals surface area contributed by atoms with Gasteiger partial charge in [-0.2, -0.15) is 0 Å². The second kappa shape index (κ2) is 8.63. The first-order valence-corrected chi connectivity index (χ1v) is 7.68. The van der Waals surface area contributed by atoms with Crippen molar-refractivity contribution < 1.29 is 28.6 Å². The summed E-state index contributed by atoms with van der Waals surface area (Å²) < 4.78 is 23.9. The maximum absolute atomic E-state index is 13.1. The molecule has 0 aliphatic rings. The number of carboxylic acid groups (broad SMARTS) is 1. The molecule has 0 aliphatic heterocycles. The third-order valence-electron chi connectivity index (χ3n) is 3.03. The molecule has 0 saturated carbocycles. The lowest BCUT2D eigenvalue weighted by Crippen LogP contribution is -2.47. The normalized spacial score (nSPS) is 13.9. The summed E-state index contributed by atoms with van der Waals surface area (Å²) >= 11 is 0. The molecule has 0 spiro atoms. The first-order valence-electron chi connectivity index (χ1n) is 7.68. The largest absolute Gasteiger partial charge is 0.481 e. The maximum Gasteiger partial charge on any atom is 0.326 e. The van der Waals surface area contributed by atoms with Crippen LogP contribution in [0.15, 0.2) is 24.3 Å². The molecule has 2 N–H and O–H groups in total. The lowest BCUT2D eigenvalue weighted by Gasteiger charge is -2.22. The molecular formula is C17H24FNO5. The van der Waals surface area contributed by atoms with Gasteiger partial charge in [-0.3, -0.25) is 4.79 Å². The minimum atomic E-state index is -1.15. The van der Waals surface area contributed by atoms with E-state index >= 15 is 0 Å². The van der Waals surface area contributed by atoms with E-state index in [-0.39, 0.29) is 24.4 Å². The van der Waals surface area contributed by atoms with Gasteiger partial charge in [-0.25, -0.2) is 9.18 Å². The highest BCUT2D eigenvalue weighted by Crippen LogP contribution is 2.14. The minimum Gasteiger partial charge on any atom is -0.481 e. The predicted molar refractivity (Wildman–Crippen MR) is 86.4 cm³/mol. The molecule has 0 saturated heterocycles. The van der Waals surface area contributed by atoms with Gasteiger partial charge < -0.3 is 19.9 Å². The van der Waals surface area contributed by atoms with Gasteiger partial charge >= 0.3 is 5.97 Å². The highest BCUT2D eigenvalue weighted by atomic mass is 19.1. The summed E-state index contributed by atoms with van der Waals surface area (Å²) in [5.41, 5.74) is -0.388. The van der Waals surface area contributed by atoms with Crippen LogP contribution in [0.5, 0.6) is 5.75 Å². The van der Waals surface area contributed by atoms with Gasteiger partial charge in [-0.1, -0.05) is 6.07 Å². The van der Waals surface area contributed by atoms with Crippen LogP contribution in [0.4, 0.5) is 4.39 Å². The van der Waals surface area contributed by atoms with E-state index in [0.717, 1.165) is 6.07 Å². The molecule has 6 nitrogen and oxygen atoms in total. The van der Waals surface area contributed by atoms with E-state index in [0.29, 0.717) is 0 Å². The maximum atomic E-state index is 13.1. The van der Waals surface area contributed by atoms with Crippen molar-refractivity contribution in [1.29, 1.82) is 0 Å². The van der Waals surface area contributed by atoms with Crippen molar-refractivity contribution in [2.75, 3.05) is 6.61 Å².